The largest absolute Gasteiger partial charge is 0.455 e. The first-order chi connectivity index (χ1) is 13.5. The third-order valence-corrected chi connectivity index (χ3v) is 3.67. The average Bonchev–Trinajstić information content (AvgIpc) is 2.67. The van der Waals surface area contributed by atoms with Crippen LogP contribution in [0.3, 0.4) is 0 Å². The van der Waals surface area contributed by atoms with Crippen LogP contribution in [0.15, 0.2) is 54.7 Å². The predicted octanol–water partition coefficient (Wildman–Crippen LogP) is 3.26. The van der Waals surface area contributed by atoms with Gasteiger partial charge in [0.1, 0.15) is 22.6 Å². The molecule has 2 aromatic carbocycles. The highest BCUT2D eigenvalue weighted by atomic mass is 16.7. The zero-order valence-electron chi connectivity index (χ0n) is 14.7. The van der Waals surface area contributed by atoms with Gasteiger partial charge in [-0.15, -0.1) is 0 Å². The van der Waals surface area contributed by atoms with E-state index in [1.807, 2.05) is 0 Å². The molecule has 0 atom stereocenters. The number of hydrogen-bond acceptors (Lipinski definition) is 8. The van der Waals surface area contributed by atoms with Crippen LogP contribution in [0.2, 0.25) is 0 Å². The Hall–Kier alpha value is -4.01. The van der Waals surface area contributed by atoms with E-state index in [0.29, 0.717) is 5.39 Å². The normalized spacial score (nSPS) is 10.3. The number of hydrogen-bond donors (Lipinski definition) is 0. The van der Waals surface area contributed by atoms with Crippen LogP contribution < -0.4 is 9.47 Å². The molecule has 28 heavy (non-hydrogen) atoms. The molecule has 3 rings (SSSR count). The van der Waals surface area contributed by atoms with E-state index in [-0.39, 0.29) is 28.3 Å². The monoisotopic (exact) mass is 382 g/mol. The Labute approximate surface area is 158 Å². The smallest absolute Gasteiger partial charge is 0.344 e. The van der Waals surface area contributed by atoms with Gasteiger partial charge >= 0.3 is 11.9 Å². The number of benzene rings is 2. The fourth-order valence-electron chi connectivity index (χ4n) is 2.51. The summed E-state index contributed by atoms with van der Waals surface area (Å²) >= 11 is 0. The van der Waals surface area contributed by atoms with Crippen LogP contribution >= 0.6 is 0 Å². The lowest BCUT2D eigenvalue weighted by Gasteiger charge is -2.11. The fraction of sp³-hybridized carbons (Fsp3) is 0.105. The number of nitro groups is 1. The Morgan fingerprint density at radius 2 is 1.86 bits per heavy atom. The minimum absolute atomic E-state index is 0.0629. The van der Waals surface area contributed by atoms with Gasteiger partial charge in [0.05, 0.1) is 10.3 Å². The second-order valence-electron chi connectivity index (χ2n) is 5.52. The van der Waals surface area contributed by atoms with Gasteiger partial charge < -0.3 is 14.2 Å². The van der Waals surface area contributed by atoms with E-state index < -0.39 is 23.7 Å². The SMILES string of the molecule is CC(=O)Oc1ccccc1C(=O)OCOc1ccc([N+](=O)[O-])c2cccnc12. The van der Waals surface area contributed by atoms with E-state index in [9.17, 15) is 19.7 Å². The van der Waals surface area contributed by atoms with E-state index >= 15 is 0 Å². The van der Waals surface area contributed by atoms with E-state index in [4.69, 9.17) is 14.2 Å². The van der Waals surface area contributed by atoms with Crippen LogP contribution in [-0.2, 0) is 9.53 Å². The molecule has 0 aliphatic rings. The number of para-hydroxylation sites is 1. The molecule has 9 heteroatoms. The highest BCUT2D eigenvalue weighted by Crippen LogP contribution is 2.31. The van der Waals surface area contributed by atoms with Gasteiger partial charge in [0, 0.05) is 19.2 Å². The van der Waals surface area contributed by atoms with Gasteiger partial charge in [-0.25, -0.2) is 4.79 Å². The van der Waals surface area contributed by atoms with Gasteiger partial charge in [-0.05, 0) is 30.3 Å². The van der Waals surface area contributed by atoms with Crippen molar-refractivity contribution in [1.82, 2.24) is 4.98 Å². The van der Waals surface area contributed by atoms with Gasteiger partial charge in [0.15, 0.2) is 0 Å². The topological polar surface area (TPSA) is 118 Å². The first-order valence-corrected chi connectivity index (χ1v) is 8.07. The molecule has 9 nitrogen and oxygen atoms in total. The molecule has 0 aliphatic carbocycles. The molecule has 0 bridgehead atoms. The first-order valence-electron chi connectivity index (χ1n) is 8.07. The van der Waals surface area contributed by atoms with Gasteiger partial charge in [-0.1, -0.05) is 12.1 Å². The molecule has 1 aromatic heterocycles. The number of non-ortho nitro benzene ring substituents is 1. The van der Waals surface area contributed by atoms with Gasteiger partial charge in [-0.3, -0.25) is 19.9 Å². The van der Waals surface area contributed by atoms with Crippen molar-refractivity contribution >= 4 is 28.5 Å². The summed E-state index contributed by atoms with van der Waals surface area (Å²) in [5.41, 5.74) is 0.226. The lowest BCUT2D eigenvalue weighted by atomic mass is 10.1. The van der Waals surface area contributed by atoms with Crippen molar-refractivity contribution in [2.24, 2.45) is 0 Å². The molecular weight excluding hydrogens is 368 g/mol. The standard InChI is InChI=1S/C19H14N2O7/c1-12(22)28-16-7-3-2-5-14(16)19(23)27-11-26-17-9-8-15(21(24)25)13-6-4-10-20-18(13)17/h2-10H,11H2,1H3. The van der Waals surface area contributed by atoms with Crippen molar-refractivity contribution in [2.75, 3.05) is 6.79 Å². The lowest BCUT2D eigenvalue weighted by molar-refractivity contribution is -0.383. The first kappa shape index (κ1) is 18.8. The molecule has 0 saturated carbocycles. The maximum atomic E-state index is 12.2. The molecule has 1 heterocycles. The maximum absolute atomic E-state index is 12.2. The number of aromatic nitrogens is 1. The van der Waals surface area contributed by atoms with Crippen molar-refractivity contribution in [1.29, 1.82) is 0 Å². The van der Waals surface area contributed by atoms with Gasteiger partial charge in [0.2, 0.25) is 6.79 Å². The van der Waals surface area contributed by atoms with Crippen LogP contribution in [0, 0.1) is 10.1 Å². The molecule has 0 amide bonds. The number of fused-ring (bicyclic) bond motifs is 1. The Morgan fingerprint density at radius 3 is 2.61 bits per heavy atom. The molecule has 0 spiro atoms. The third-order valence-electron chi connectivity index (χ3n) is 3.67. The van der Waals surface area contributed by atoms with Crippen LogP contribution in [0.4, 0.5) is 5.69 Å². The van der Waals surface area contributed by atoms with Crippen molar-refractivity contribution in [2.45, 2.75) is 6.92 Å². The van der Waals surface area contributed by atoms with Gasteiger partial charge in [-0.2, -0.15) is 0 Å². The van der Waals surface area contributed by atoms with Crippen LogP contribution in [0.5, 0.6) is 11.5 Å². The lowest BCUT2D eigenvalue weighted by Crippen LogP contribution is -2.13. The van der Waals surface area contributed by atoms with Crippen LogP contribution in [0.1, 0.15) is 17.3 Å². The van der Waals surface area contributed by atoms with Crippen LogP contribution in [0.25, 0.3) is 10.9 Å². The molecule has 0 radical (unpaired) electrons. The maximum Gasteiger partial charge on any atom is 0.344 e. The van der Waals surface area contributed by atoms with E-state index in [2.05, 4.69) is 4.98 Å². The molecule has 0 saturated heterocycles. The number of ether oxygens (including phenoxy) is 3. The molecule has 0 aliphatic heterocycles. The van der Waals surface area contributed by atoms with Crippen LogP contribution in [-0.4, -0.2) is 28.6 Å². The molecule has 0 unspecified atom stereocenters. The second kappa shape index (κ2) is 8.12. The summed E-state index contributed by atoms with van der Waals surface area (Å²) in [5, 5.41) is 11.4. The zero-order chi connectivity index (χ0) is 20.1. The Bertz CT molecular complexity index is 1070. The summed E-state index contributed by atoms with van der Waals surface area (Å²) in [5.74, 6) is -1.03. The van der Waals surface area contributed by atoms with E-state index in [1.54, 1.807) is 24.3 Å². The van der Waals surface area contributed by atoms with E-state index in [1.165, 1.54) is 37.4 Å². The summed E-state index contributed by atoms with van der Waals surface area (Å²) in [7, 11) is 0. The summed E-state index contributed by atoms with van der Waals surface area (Å²) in [6.45, 7) is 0.759. The number of nitro benzene ring substituents is 1. The second-order valence-corrected chi connectivity index (χ2v) is 5.52. The Morgan fingerprint density at radius 1 is 1.07 bits per heavy atom. The summed E-state index contributed by atoms with van der Waals surface area (Å²) in [6, 6.07) is 11.9. The molecular formula is C19H14N2O7. The van der Waals surface area contributed by atoms with Crippen molar-refractivity contribution < 1.29 is 28.7 Å². The zero-order valence-corrected chi connectivity index (χ0v) is 14.7. The molecule has 0 fully saturated rings. The minimum atomic E-state index is -0.754. The molecule has 3 aromatic rings. The number of rotatable bonds is 6. The fourth-order valence-corrected chi connectivity index (χ4v) is 2.51. The Balaban J connectivity index is 1.74. The van der Waals surface area contributed by atoms with Crippen molar-refractivity contribution in [3.8, 4) is 11.5 Å². The average molecular weight is 382 g/mol. The summed E-state index contributed by atoms with van der Waals surface area (Å²) < 4.78 is 15.5. The number of nitrogens with zero attached hydrogens (tertiary/aromatic N) is 2. The quantitative estimate of drug-likeness (QED) is 0.210. The predicted molar refractivity (Wildman–Crippen MR) is 97.1 cm³/mol. The highest BCUT2D eigenvalue weighted by molar-refractivity contribution is 5.94. The van der Waals surface area contributed by atoms with Crippen molar-refractivity contribution in [3.63, 3.8) is 0 Å². The van der Waals surface area contributed by atoms with Crippen molar-refractivity contribution in [3.05, 3.63) is 70.4 Å². The number of esters is 2. The van der Waals surface area contributed by atoms with E-state index in [0.717, 1.165) is 0 Å². The number of carbonyl (C=O) groups excluding carboxylic acids is 2. The Kier molecular flexibility index (Phi) is 5.45. The molecule has 142 valence electrons. The number of pyridine rings is 1. The number of carbonyl (C=O) groups is 2. The van der Waals surface area contributed by atoms with Gasteiger partial charge in [0.25, 0.3) is 5.69 Å². The minimum Gasteiger partial charge on any atom is -0.455 e. The highest BCUT2D eigenvalue weighted by Gasteiger charge is 2.18. The summed E-state index contributed by atoms with van der Waals surface area (Å²) in [6.07, 6.45) is 1.47. The third kappa shape index (κ3) is 4.04. The summed E-state index contributed by atoms with van der Waals surface area (Å²) in [4.78, 5) is 38.1. The molecule has 0 N–H and O–H groups in total.